The molecule has 0 saturated carbocycles. The minimum atomic E-state index is -0.217. The zero-order valence-electron chi connectivity index (χ0n) is 7.74. The Morgan fingerprint density at radius 1 is 1.43 bits per heavy atom. The highest BCUT2D eigenvalue weighted by Crippen LogP contribution is 2.10. The second-order valence-corrected chi connectivity index (χ2v) is 3.52. The normalized spacial score (nSPS) is 10.7. The number of rotatable bonds is 1. The van der Waals surface area contributed by atoms with E-state index in [1.54, 1.807) is 13.1 Å². The van der Waals surface area contributed by atoms with Gasteiger partial charge < -0.3 is 4.98 Å². The average Bonchev–Trinajstić information content (AvgIpc) is 2.17. The Morgan fingerprint density at radius 3 is 2.93 bits per heavy atom. The van der Waals surface area contributed by atoms with Crippen molar-refractivity contribution in [2.24, 2.45) is 0 Å². The number of H-pyrrole nitrogens is 1. The fourth-order valence-corrected chi connectivity index (χ4v) is 1.48. The number of nitrogens with zero attached hydrogens (tertiary/aromatic N) is 3. The van der Waals surface area contributed by atoms with Gasteiger partial charge in [-0.1, -0.05) is 11.8 Å². The summed E-state index contributed by atoms with van der Waals surface area (Å²) in [7, 11) is 0. The van der Waals surface area contributed by atoms with Gasteiger partial charge in [0.15, 0.2) is 10.7 Å². The Balaban J connectivity index is 2.82. The Labute approximate surface area is 84.0 Å². The van der Waals surface area contributed by atoms with E-state index in [9.17, 15) is 4.79 Å². The maximum atomic E-state index is 11.5. The van der Waals surface area contributed by atoms with E-state index in [2.05, 4.69) is 19.9 Å². The SMILES string of the molecule is CSc1ncc2nc(C)[nH]c(=O)c2n1. The third-order valence-corrected chi connectivity index (χ3v) is 2.29. The van der Waals surface area contributed by atoms with Gasteiger partial charge in [-0.3, -0.25) is 4.79 Å². The maximum absolute atomic E-state index is 11.5. The van der Waals surface area contributed by atoms with Crippen molar-refractivity contribution in [2.45, 2.75) is 12.1 Å². The van der Waals surface area contributed by atoms with E-state index < -0.39 is 0 Å². The number of hydrogen-bond acceptors (Lipinski definition) is 5. The Hall–Kier alpha value is -1.43. The smallest absolute Gasteiger partial charge is 0.277 e. The first-order valence-corrected chi connectivity index (χ1v) is 5.21. The van der Waals surface area contributed by atoms with Gasteiger partial charge in [-0.2, -0.15) is 0 Å². The molecule has 2 aromatic heterocycles. The van der Waals surface area contributed by atoms with Crippen LogP contribution in [-0.4, -0.2) is 26.2 Å². The summed E-state index contributed by atoms with van der Waals surface area (Å²) < 4.78 is 0. The molecular formula is C8H8N4OS. The van der Waals surface area contributed by atoms with E-state index in [4.69, 9.17) is 0 Å². The third-order valence-electron chi connectivity index (χ3n) is 1.73. The molecule has 0 amide bonds. The number of fused-ring (bicyclic) bond motifs is 1. The molecule has 5 nitrogen and oxygen atoms in total. The molecule has 1 N–H and O–H groups in total. The monoisotopic (exact) mass is 208 g/mol. The minimum Gasteiger partial charge on any atom is -0.309 e. The second kappa shape index (κ2) is 3.38. The van der Waals surface area contributed by atoms with E-state index >= 15 is 0 Å². The van der Waals surface area contributed by atoms with Gasteiger partial charge in [-0.05, 0) is 13.2 Å². The molecule has 2 aromatic rings. The van der Waals surface area contributed by atoms with Crippen LogP contribution in [0.1, 0.15) is 5.82 Å². The van der Waals surface area contributed by atoms with Gasteiger partial charge in [0.1, 0.15) is 11.3 Å². The van der Waals surface area contributed by atoms with Crippen LogP contribution < -0.4 is 5.56 Å². The summed E-state index contributed by atoms with van der Waals surface area (Å²) in [4.78, 5) is 26.3. The Bertz CT molecular complexity index is 536. The molecule has 0 bridgehead atoms. The summed E-state index contributed by atoms with van der Waals surface area (Å²) in [5.41, 5.74) is 0.657. The van der Waals surface area contributed by atoms with Crippen molar-refractivity contribution < 1.29 is 0 Å². The summed E-state index contributed by atoms with van der Waals surface area (Å²) in [5.74, 6) is 0.572. The van der Waals surface area contributed by atoms with Crippen molar-refractivity contribution in [1.82, 2.24) is 19.9 Å². The van der Waals surface area contributed by atoms with Crippen molar-refractivity contribution in [3.8, 4) is 0 Å². The molecule has 0 saturated heterocycles. The quantitative estimate of drug-likeness (QED) is 0.553. The summed E-state index contributed by atoms with van der Waals surface area (Å²) in [6.45, 7) is 1.73. The highest BCUT2D eigenvalue weighted by atomic mass is 32.2. The predicted octanol–water partition coefficient (Wildman–Crippen LogP) is 0.743. The first kappa shape index (κ1) is 9.14. The molecular weight excluding hydrogens is 200 g/mol. The van der Waals surface area contributed by atoms with E-state index in [0.29, 0.717) is 22.0 Å². The lowest BCUT2D eigenvalue weighted by atomic mass is 10.4. The number of thioether (sulfide) groups is 1. The summed E-state index contributed by atoms with van der Waals surface area (Å²) in [5, 5.41) is 0.577. The molecule has 0 spiro atoms. The molecule has 0 aliphatic heterocycles. The lowest BCUT2D eigenvalue weighted by molar-refractivity contribution is 0.965. The lowest BCUT2D eigenvalue weighted by Gasteiger charge is -1.98. The number of nitrogens with one attached hydrogen (secondary N) is 1. The highest BCUT2D eigenvalue weighted by Gasteiger charge is 2.04. The molecule has 6 heteroatoms. The van der Waals surface area contributed by atoms with Crippen LogP contribution in [0.2, 0.25) is 0 Å². The van der Waals surface area contributed by atoms with Gasteiger partial charge in [-0.25, -0.2) is 15.0 Å². The van der Waals surface area contributed by atoms with E-state index in [-0.39, 0.29) is 5.56 Å². The summed E-state index contributed by atoms with van der Waals surface area (Å²) in [6.07, 6.45) is 3.42. The second-order valence-electron chi connectivity index (χ2n) is 2.74. The molecule has 2 heterocycles. The van der Waals surface area contributed by atoms with Crippen molar-refractivity contribution in [1.29, 1.82) is 0 Å². The number of aromatic nitrogens is 4. The number of hydrogen-bond donors (Lipinski definition) is 1. The van der Waals surface area contributed by atoms with Gasteiger partial charge in [0, 0.05) is 0 Å². The lowest BCUT2D eigenvalue weighted by Crippen LogP contribution is -2.11. The van der Waals surface area contributed by atoms with E-state index in [1.807, 2.05) is 6.26 Å². The zero-order chi connectivity index (χ0) is 10.1. The van der Waals surface area contributed by atoms with Gasteiger partial charge in [0.05, 0.1) is 6.20 Å². The number of aromatic amines is 1. The molecule has 14 heavy (non-hydrogen) atoms. The highest BCUT2D eigenvalue weighted by molar-refractivity contribution is 7.98. The standard InChI is InChI=1S/C8H8N4OS/c1-4-10-5-3-9-8(14-2)12-6(5)7(13)11-4/h3H,1-2H3,(H,10,11,13). The topological polar surface area (TPSA) is 71.5 Å². The molecule has 2 rings (SSSR count). The predicted molar refractivity (Wildman–Crippen MR) is 54.5 cm³/mol. The van der Waals surface area contributed by atoms with Crippen LogP contribution in [0.3, 0.4) is 0 Å². The van der Waals surface area contributed by atoms with Crippen molar-refractivity contribution in [2.75, 3.05) is 6.26 Å². The summed E-state index contributed by atoms with van der Waals surface area (Å²) >= 11 is 1.39. The van der Waals surface area contributed by atoms with Crippen LogP contribution in [0, 0.1) is 6.92 Å². The first-order chi connectivity index (χ1) is 6.70. The van der Waals surface area contributed by atoms with Gasteiger partial charge >= 0.3 is 0 Å². The fourth-order valence-electron chi connectivity index (χ4n) is 1.14. The fraction of sp³-hybridized carbons (Fsp3) is 0.250. The van der Waals surface area contributed by atoms with E-state index in [1.165, 1.54) is 11.8 Å². The van der Waals surface area contributed by atoms with Crippen LogP contribution in [-0.2, 0) is 0 Å². The average molecular weight is 208 g/mol. The van der Waals surface area contributed by atoms with Crippen LogP contribution in [0.25, 0.3) is 11.0 Å². The van der Waals surface area contributed by atoms with Crippen molar-refractivity contribution in [3.05, 3.63) is 22.4 Å². The molecule has 0 aromatic carbocycles. The first-order valence-electron chi connectivity index (χ1n) is 3.98. The molecule has 0 unspecified atom stereocenters. The third kappa shape index (κ3) is 1.48. The van der Waals surface area contributed by atoms with Gasteiger partial charge in [-0.15, -0.1) is 0 Å². The van der Waals surface area contributed by atoms with Gasteiger partial charge in [0.2, 0.25) is 0 Å². The molecule has 0 aliphatic rings. The van der Waals surface area contributed by atoms with Crippen LogP contribution in [0.4, 0.5) is 0 Å². The van der Waals surface area contributed by atoms with Crippen LogP contribution in [0.5, 0.6) is 0 Å². The largest absolute Gasteiger partial charge is 0.309 e. The van der Waals surface area contributed by atoms with Crippen LogP contribution >= 0.6 is 11.8 Å². The molecule has 0 aliphatic carbocycles. The van der Waals surface area contributed by atoms with Crippen molar-refractivity contribution >= 4 is 22.8 Å². The zero-order valence-corrected chi connectivity index (χ0v) is 8.55. The molecule has 0 atom stereocenters. The van der Waals surface area contributed by atoms with Crippen molar-refractivity contribution in [3.63, 3.8) is 0 Å². The molecule has 0 radical (unpaired) electrons. The number of aryl methyl sites for hydroxylation is 1. The van der Waals surface area contributed by atoms with E-state index in [0.717, 1.165) is 0 Å². The Morgan fingerprint density at radius 2 is 2.21 bits per heavy atom. The molecule has 0 fully saturated rings. The van der Waals surface area contributed by atoms with Gasteiger partial charge in [0.25, 0.3) is 5.56 Å². The molecule has 72 valence electrons. The Kier molecular flexibility index (Phi) is 2.20. The minimum absolute atomic E-state index is 0.217. The van der Waals surface area contributed by atoms with Crippen LogP contribution in [0.15, 0.2) is 16.1 Å². The maximum Gasteiger partial charge on any atom is 0.277 e. The summed E-state index contributed by atoms with van der Waals surface area (Å²) in [6, 6.07) is 0.